The molecule has 1 N–H and O–H groups in total. The Morgan fingerprint density at radius 2 is 1.94 bits per heavy atom. The molecule has 0 fully saturated rings. The van der Waals surface area contributed by atoms with Crippen LogP contribution in [0.1, 0.15) is 10.6 Å². The van der Waals surface area contributed by atoms with Crippen LogP contribution in [0.25, 0.3) is 0 Å². The minimum Gasteiger partial charge on any atom is -0.430 e. The number of carbonyl (C=O) groups is 1. The second kappa shape index (κ2) is 5.78. The predicted molar refractivity (Wildman–Crippen MR) is 84.0 cm³/mol. The smallest absolute Gasteiger partial charge is 0.291 e. The number of nitrogens with zero attached hydrogens (tertiary/aromatic N) is 1. The van der Waals surface area contributed by atoms with Crippen LogP contribution < -0.4 is 5.32 Å². The molecule has 0 bridgehead atoms. The lowest BCUT2D eigenvalue weighted by Crippen LogP contribution is -2.10. The molecule has 1 aromatic heterocycles. The predicted octanol–water partition coefficient (Wildman–Crippen LogP) is 4.14. The zero-order valence-corrected chi connectivity index (χ0v) is 13.1. The molecule has 0 aliphatic rings. The third-order valence-corrected chi connectivity index (χ3v) is 4.95. The normalized spacial score (nSPS) is 10.1. The second-order valence-corrected chi connectivity index (χ2v) is 5.64. The highest BCUT2D eigenvalue weighted by molar-refractivity contribution is 14.1. The Morgan fingerprint density at radius 3 is 2.56 bits per heavy atom. The van der Waals surface area contributed by atoms with Crippen LogP contribution in [0, 0.1) is 12.0 Å². The van der Waals surface area contributed by atoms with Crippen molar-refractivity contribution >= 4 is 62.7 Å². The van der Waals surface area contributed by atoms with Gasteiger partial charge < -0.3 is 9.73 Å². The molecule has 1 aromatic carbocycles. The summed E-state index contributed by atoms with van der Waals surface area (Å²) in [6.45, 7) is 0. The maximum atomic E-state index is 11.8. The van der Waals surface area contributed by atoms with Gasteiger partial charge in [0.05, 0.1) is 0 Å². The van der Waals surface area contributed by atoms with Crippen LogP contribution in [0.15, 0.2) is 39.9 Å². The summed E-state index contributed by atoms with van der Waals surface area (Å²) in [7, 11) is 0. The molecule has 5 nitrogen and oxygen atoms in total. The molecule has 18 heavy (non-hydrogen) atoms. The van der Waals surface area contributed by atoms with Gasteiger partial charge in [-0.25, -0.2) is 0 Å². The van der Waals surface area contributed by atoms with Gasteiger partial charge in [0.2, 0.25) is 0 Å². The summed E-state index contributed by atoms with van der Waals surface area (Å²) in [6, 6.07) is 8.30. The first-order valence-corrected chi connectivity index (χ1v) is 6.95. The number of rotatable bonds is 3. The number of furan rings is 1. The first-order chi connectivity index (χ1) is 8.60. The monoisotopic (exact) mass is 468 g/mol. The van der Waals surface area contributed by atoms with Crippen LogP contribution in [-0.2, 0) is 0 Å². The van der Waals surface area contributed by atoms with Crippen LogP contribution in [0.3, 0.4) is 0 Å². The third kappa shape index (κ3) is 3.07. The lowest BCUT2D eigenvalue weighted by atomic mass is 10.3. The van der Waals surface area contributed by atoms with E-state index in [0.29, 0.717) is 5.69 Å². The van der Waals surface area contributed by atoms with Gasteiger partial charge in [-0.3, -0.25) is 4.79 Å². The number of carbonyl (C=O) groups excluding carboxylic acids is 1. The largest absolute Gasteiger partial charge is 0.430 e. The summed E-state index contributed by atoms with van der Waals surface area (Å²) in [5.41, 5.74) is 0.668. The minimum absolute atomic E-state index is 0.0539. The van der Waals surface area contributed by atoms with E-state index in [-0.39, 0.29) is 11.6 Å². The van der Waals surface area contributed by atoms with Gasteiger partial charge in [-0.2, -0.15) is 0 Å². The number of benzene rings is 1. The van der Waals surface area contributed by atoms with Gasteiger partial charge in [0, 0.05) is 24.1 Å². The lowest BCUT2D eigenvalue weighted by Gasteiger charge is -2.04. The Morgan fingerprint density at radius 1 is 1.17 bits per heavy atom. The minimum atomic E-state index is -0.415. The molecule has 0 aliphatic carbocycles. The van der Waals surface area contributed by atoms with E-state index >= 15 is 0 Å². The van der Waals surface area contributed by atoms with E-state index in [0.717, 1.165) is 7.14 Å². The van der Waals surface area contributed by atoms with Crippen molar-refractivity contribution in [2.75, 3.05) is 5.32 Å². The molecular weight excluding hydrogens is 462 g/mol. The number of nitrogens with one attached hydrogen (secondary N) is 1. The molecule has 2 rings (SSSR count). The van der Waals surface area contributed by atoms with Crippen molar-refractivity contribution in [1.82, 2.24) is 0 Å². The van der Waals surface area contributed by atoms with Crippen molar-refractivity contribution in [2.45, 2.75) is 0 Å². The zero-order valence-electron chi connectivity index (χ0n) is 8.81. The maximum absolute atomic E-state index is 11.8. The highest BCUT2D eigenvalue weighted by Crippen LogP contribution is 2.21. The molecule has 1 amide bonds. The van der Waals surface area contributed by atoms with E-state index in [1.165, 1.54) is 12.1 Å². The molecule has 0 saturated carbocycles. The molecule has 7 heteroatoms. The van der Waals surface area contributed by atoms with E-state index in [4.69, 9.17) is 4.42 Å². The average molecular weight is 468 g/mol. The number of hydrogen-bond acceptors (Lipinski definition) is 4. The average Bonchev–Trinajstić information content (AvgIpc) is 2.82. The SMILES string of the molecule is O=Nc1ccc(C(=O)Nc2ccc(I)c(I)c2)o1. The topological polar surface area (TPSA) is 71.7 Å². The van der Waals surface area contributed by atoms with Gasteiger partial charge in [-0.15, -0.1) is 4.91 Å². The van der Waals surface area contributed by atoms with Crippen molar-refractivity contribution in [3.05, 3.63) is 48.1 Å². The molecule has 2 aromatic rings. The second-order valence-electron chi connectivity index (χ2n) is 3.31. The summed E-state index contributed by atoms with van der Waals surface area (Å²) < 4.78 is 7.08. The van der Waals surface area contributed by atoms with Crippen molar-refractivity contribution < 1.29 is 9.21 Å². The highest BCUT2D eigenvalue weighted by Gasteiger charge is 2.12. The van der Waals surface area contributed by atoms with E-state index in [9.17, 15) is 9.70 Å². The molecule has 0 spiro atoms. The van der Waals surface area contributed by atoms with Crippen molar-refractivity contribution in [3.8, 4) is 0 Å². The van der Waals surface area contributed by atoms with Gasteiger partial charge in [0.15, 0.2) is 5.76 Å². The number of halogens is 2. The van der Waals surface area contributed by atoms with E-state index in [1.54, 1.807) is 6.07 Å². The molecule has 0 saturated heterocycles. The maximum Gasteiger partial charge on any atom is 0.291 e. The fraction of sp³-hybridized carbons (Fsp3) is 0. The summed E-state index contributed by atoms with van der Waals surface area (Å²) in [6.07, 6.45) is 0. The summed E-state index contributed by atoms with van der Waals surface area (Å²) >= 11 is 4.39. The van der Waals surface area contributed by atoms with E-state index < -0.39 is 5.91 Å². The number of amides is 1. The number of anilines is 1. The van der Waals surface area contributed by atoms with Gasteiger partial charge in [-0.1, -0.05) is 0 Å². The van der Waals surface area contributed by atoms with Gasteiger partial charge in [0.25, 0.3) is 11.8 Å². The number of nitroso groups, excluding NO2 is 1. The Labute approximate surface area is 130 Å². The first kappa shape index (κ1) is 13.5. The molecular formula is C11H6I2N2O3. The summed E-state index contributed by atoms with van der Waals surface area (Å²) in [5, 5.41) is 5.29. The van der Waals surface area contributed by atoms with Crippen molar-refractivity contribution in [1.29, 1.82) is 0 Å². The Balaban J connectivity index is 2.15. The van der Waals surface area contributed by atoms with Crippen LogP contribution in [-0.4, -0.2) is 5.91 Å². The van der Waals surface area contributed by atoms with E-state index in [2.05, 4.69) is 55.7 Å². The Bertz CT molecular complexity index is 610. The van der Waals surface area contributed by atoms with Crippen LogP contribution in [0.2, 0.25) is 0 Å². The lowest BCUT2D eigenvalue weighted by molar-refractivity contribution is 0.0997. The quantitative estimate of drug-likeness (QED) is 0.544. The van der Waals surface area contributed by atoms with Gasteiger partial charge in [-0.05, 0) is 69.4 Å². The van der Waals surface area contributed by atoms with Gasteiger partial charge >= 0.3 is 0 Å². The van der Waals surface area contributed by atoms with Crippen LogP contribution >= 0.6 is 45.2 Å². The standard InChI is InChI=1S/C11H6I2N2O3/c12-7-2-1-6(5-8(7)13)14-11(16)9-3-4-10(15-17)18-9/h1-5H,(H,14,16). The Kier molecular flexibility index (Phi) is 4.32. The summed E-state index contributed by atoms with van der Waals surface area (Å²) in [4.78, 5) is 22.0. The molecule has 0 radical (unpaired) electrons. The fourth-order valence-corrected chi connectivity index (χ4v) is 2.12. The zero-order chi connectivity index (χ0) is 13.1. The molecule has 1 heterocycles. The molecule has 0 aliphatic heterocycles. The van der Waals surface area contributed by atoms with E-state index in [1.807, 2.05) is 12.1 Å². The highest BCUT2D eigenvalue weighted by atomic mass is 127. The van der Waals surface area contributed by atoms with Crippen molar-refractivity contribution in [2.24, 2.45) is 5.18 Å². The van der Waals surface area contributed by atoms with Crippen LogP contribution in [0.5, 0.6) is 0 Å². The fourth-order valence-electron chi connectivity index (χ4n) is 1.27. The molecule has 92 valence electrons. The number of hydrogen-bond donors (Lipinski definition) is 1. The van der Waals surface area contributed by atoms with Gasteiger partial charge in [0.1, 0.15) is 0 Å². The Hall–Kier alpha value is -0.970. The molecule has 0 atom stereocenters. The first-order valence-electron chi connectivity index (χ1n) is 4.80. The third-order valence-electron chi connectivity index (χ3n) is 2.08. The summed E-state index contributed by atoms with van der Waals surface area (Å²) in [5.74, 6) is -0.475. The van der Waals surface area contributed by atoms with Crippen molar-refractivity contribution in [3.63, 3.8) is 0 Å². The van der Waals surface area contributed by atoms with Crippen LogP contribution in [0.4, 0.5) is 11.6 Å². The molecule has 0 unspecified atom stereocenters.